The molecule has 1 atom stereocenters. The molecule has 0 amide bonds. The molecule has 0 aliphatic rings. The van der Waals surface area contributed by atoms with Gasteiger partial charge in [-0.15, -0.1) is 0 Å². The summed E-state index contributed by atoms with van der Waals surface area (Å²) in [6, 6.07) is 15.2. The Bertz CT molecular complexity index is 566. The summed E-state index contributed by atoms with van der Waals surface area (Å²) < 4.78 is 2.25. The summed E-state index contributed by atoms with van der Waals surface area (Å²) in [7, 11) is 2.01. The lowest BCUT2D eigenvalue weighted by atomic mass is 9.96. The van der Waals surface area contributed by atoms with Crippen LogP contribution in [0.3, 0.4) is 0 Å². The van der Waals surface area contributed by atoms with Crippen LogP contribution in [0, 0.1) is 6.92 Å². The van der Waals surface area contributed by atoms with Crippen molar-refractivity contribution in [1.82, 2.24) is 5.32 Å². The highest BCUT2D eigenvalue weighted by molar-refractivity contribution is 9.11. The molecule has 0 radical (unpaired) electrons. The van der Waals surface area contributed by atoms with Crippen molar-refractivity contribution in [2.45, 2.75) is 19.4 Å². The van der Waals surface area contributed by atoms with Crippen LogP contribution in [0.15, 0.2) is 51.4 Å². The SMILES string of the molecule is CNC(Cc1ccccc1C)c1cc(Br)ccc1Br. The van der Waals surface area contributed by atoms with E-state index in [1.54, 1.807) is 0 Å². The van der Waals surface area contributed by atoms with Gasteiger partial charge in [0, 0.05) is 15.0 Å². The Hall–Kier alpha value is -0.640. The number of benzene rings is 2. The summed E-state index contributed by atoms with van der Waals surface area (Å²) >= 11 is 7.19. The third kappa shape index (κ3) is 3.68. The van der Waals surface area contributed by atoms with Crippen LogP contribution in [-0.4, -0.2) is 7.05 Å². The molecule has 1 N–H and O–H groups in total. The van der Waals surface area contributed by atoms with Crippen molar-refractivity contribution in [1.29, 1.82) is 0 Å². The van der Waals surface area contributed by atoms with Crippen LogP contribution in [0.25, 0.3) is 0 Å². The van der Waals surface area contributed by atoms with E-state index in [9.17, 15) is 0 Å². The molecule has 1 nitrogen and oxygen atoms in total. The van der Waals surface area contributed by atoms with E-state index in [-0.39, 0.29) is 0 Å². The van der Waals surface area contributed by atoms with E-state index in [1.165, 1.54) is 16.7 Å². The maximum atomic E-state index is 3.64. The average molecular weight is 383 g/mol. The molecule has 0 bridgehead atoms. The van der Waals surface area contributed by atoms with Crippen molar-refractivity contribution in [3.05, 3.63) is 68.1 Å². The largest absolute Gasteiger partial charge is 0.313 e. The summed E-state index contributed by atoms with van der Waals surface area (Å²) in [6.45, 7) is 2.16. The molecule has 3 heteroatoms. The summed E-state index contributed by atoms with van der Waals surface area (Å²) in [4.78, 5) is 0. The Morgan fingerprint density at radius 3 is 2.53 bits per heavy atom. The zero-order valence-electron chi connectivity index (χ0n) is 11.1. The predicted octanol–water partition coefficient (Wildman–Crippen LogP) is 5.02. The van der Waals surface area contributed by atoms with Gasteiger partial charge in [0.25, 0.3) is 0 Å². The number of likely N-dealkylation sites (N-methyl/N-ethyl adjacent to an activating group) is 1. The molecule has 0 aromatic heterocycles. The molecule has 0 aliphatic heterocycles. The molecule has 0 saturated heterocycles. The molecule has 2 rings (SSSR count). The molecule has 2 aromatic rings. The molecule has 0 aliphatic carbocycles. The molecule has 0 heterocycles. The standard InChI is InChI=1S/C16H17Br2N/c1-11-5-3-4-6-12(11)9-16(19-2)14-10-13(17)7-8-15(14)18/h3-8,10,16,19H,9H2,1-2H3. The van der Waals surface area contributed by atoms with Gasteiger partial charge in [0.05, 0.1) is 0 Å². The van der Waals surface area contributed by atoms with E-state index in [0.29, 0.717) is 6.04 Å². The van der Waals surface area contributed by atoms with Crippen molar-refractivity contribution in [3.63, 3.8) is 0 Å². The Balaban J connectivity index is 2.30. The molecule has 100 valence electrons. The minimum Gasteiger partial charge on any atom is -0.313 e. The minimum atomic E-state index is 0.299. The van der Waals surface area contributed by atoms with Crippen molar-refractivity contribution in [3.8, 4) is 0 Å². The highest BCUT2D eigenvalue weighted by atomic mass is 79.9. The van der Waals surface area contributed by atoms with Gasteiger partial charge in [0.15, 0.2) is 0 Å². The smallest absolute Gasteiger partial charge is 0.0370 e. The van der Waals surface area contributed by atoms with Crippen molar-refractivity contribution in [2.24, 2.45) is 0 Å². The third-order valence-electron chi connectivity index (χ3n) is 3.37. The van der Waals surface area contributed by atoms with Gasteiger partial charge in [0.2, 0.25) is 0 Å². The van der Waals surface area contributed by atoms with Crippen LogP contribution >= 0.6 is 31.9 Å². The van der Waals surface area contributed by atoms with Gasteiger partial charge >= 0.3 is 0 Å². The van der Waals surface area contributed by atoms with Crippen LogP contribution in [-0.2, 0) is 6.42 Å². The van der Waals surface area contributed by atoms with Gasteiger partial charge in [-0.3, -0.25) is 0 Å². The molecule has 0 saturated carbocycles. The highest BCUT2D eigenvalue weighted by Gasteiger charge is 2.14. The van der Waals surface area contributed by atoms with Crippen molar-refractivity contribution in [2.75, 3.05) is 7.05 Å². The lowest BCUT2D eigenvalue weighted by Gasteiger charge is -2.19. The summed E-state index contributed by atoms with van der Waals surface area (Å²) in [5, 5.41) is 3.41. The fourth-order valence-corrected chi connectivity index (χ4v) is 3.11. The molecule has 0 spiro atoms. The first kappa shape index (κ1) is 14.8. The maximum Gasteiger partial charge on any atom is 0.0370 e. The maximum absolute atomic E-state index is 3.64. The van der Waals surface area contributed by atoms with E-state index in [4.69, 9.17) is 0 Å². The quantitative estimate of drug-likeness (QED) is 0.782. The number of rotatable bonds is 4. The van der Waals surface area contributed by atoms with Crippen LogP contribution < -0.4 is 5.32 Å². The highest BCUT2D eigenvalue weighted by Crippen LogP contribution is 2.29. The van der Waals surface area contributed by atoms with Crippen LogP contribution in [0.4, 0.5) is 0 Å². The Labute approximate surface area is 131 Å². The Kier molecular flexibility index (Phi) is 5.20. The Morgan fingerprint density at radius 1 is 1.11 bits per heavy atom. The molecule has 1 unspecified atom stereocenters. The van der Waals surface area contributed by atoms with Crippen molar-refractivity contribution < 1.29 is 0 Å². The second kappa shape index (κ2) is 6.69. The van der Waals surface area contributed by atoms with Crippen molar-refractivity contribution >= 4 is 31.9 Å². The zero-order valence-corrected chi connectivity index (χ0v) is 14.3. The first-order valence-electron chi connectivity index (χ1n) is 6.28. The molecular formula is C16H17Br2N. The molecule has 0 fully saturated rings. The number of halogens is 2. The van der Waals surface area contributed by atoms with E-state index in [0.717, 1.165) is 15.4 Å². The van der Waals surface area contributed by atoms with Gasteiger partial charge in [-0.05, 0) is 55.3 Å². The van der Waals surface area contributed by atoms with Crippen LogP contribution in [0.5, 0.6) is 0 Å². The lowest BCUT2D eigenvalue weighted by Crippen LogP contribution is -2.19. The van der Waals surface area contributed by atoms with E-state index >= 15 is 0 Å². The Morgan fingerprint density at radius 2 is 1.84 bits per heavy atom. The predicted molar refractivity (Wildman–Crippen MR) is 88.5 cm³/mol. The first-order chi connectivity index (χ1) is 9.11. The van der Waals surface area contributed by atoms with Gasteiger partial charge in [-0.25, -0.2) is 0 Å². The first-order valence-corrected chi connectivity index (χ1v) is 7.87. The minimum absolute atomic E-state index is 0.299. The van der Waals surface area contributed by atoms with Gasteiger partial charge < -0.3 is 5.32 Å². The van der Waals surface area contributed by atoms with Gasteiger partial charge in [-0.1, -0.05) is 56.1 Å². The molecular weight excluding hydrogens is 366 g/mol. The second-order valence-electron chi connectivity index (χ2n) is 4.64. The third-order valence-corrected chi connectivity index (χ3v) is 4.58. The fraction of sp³-hybridized carbons (Fsp3) is 0.250. The summed E-state index contributed by atoms with van der Waals surface area (Å²) in [5.74, 6) is 0. The average Bonchev–Trinajstić information content (AvgIpc) is 2.41. The zero-order chi connectivity index (χ0) is 13.8. The number of aryl methyl sites for hydroxylation is 1. The van der Waals surface area contributed by atoms with Gasteiger partial charge in [-0.2, -0.15) is 0 Å². The number of hydrogen-bond donors (Lipinski definition) is 1. The molecule has 2 aromatic carbocycles. The second-order valence-corrected chi connectivity index (χ2v) is 6.41. The normalized spacial score (nSPS) is 12.4. The van der Waals surface area contributed by atoms with E-state index in [2.05, 4.69) is 80.5 Å². The van der Waals surface area contributed by atoms with Crippen LogP contribution in [0.1, 0.15) is 22.7 Å². The summed E-state index contributed by atoms with van der Waals surface area (Å²) in [6.07, 6.45) is 0.984. The lowest BCUT2D eigenvalue weighted by molar-refractivity contribution is 0.588. The molecule has 19 heavy (non-hydrogen) atoms. The van der Waals surface area contributed by atoms with Gasteiger partial charge in [0.1, 0.15) is 0 Å². The summed E-state index contributed by atoms with van der Waals surface area (Å²) in [5.41, 5.74) is 4.00. The number of hydrogen-bond acceptors (Lipinski definition) is 1. The van der Waals surface area contributed by atoms with E-state index in [1.807, 2.05) is 13.1 Å². The van der Waals surface area contributed by atoms with Crippen LogP contribution in [0.2, 0.25) is 0 Å². The topological polar surface area (TPSA) is 12.0 Å². The number of nitrogens with one attached hydrogen (secondary N) is 1. The monoisotopic (exact) mass is 381 g/mol. The van der Waals surface area contributed by atoms with E-state index < -0.39 is 0 Å². The fourth-order valence-electron chi connectivity index (χ4n) is 2.21.